The van der Waals surface area contributed by atoms with Crippen molar-refractivity contribution in [2.45, 2.75) is 31.7 Å². The molecule has 2 rings (SSSR count). The van der Waals surface area contributed by atoms with Gasteiger partial charge in [-0.1, -0.05) is 5.11 Å². The van der Waals surface area contributed by atoms with Gasteiger partial charge in [0.05, 0.1) is 25.9 Å². The number of methoxy groups -OCH3 is 1. The average molecular weight is 281 g/mol. The van der Waals surface area contributed by atoms with Crippen LogP contribution in [0.15, 0.2) is 16.1 Å². The first-order valence-corrected chi connectivity index (χ1v) is 6.05. The molecule has 0 spiro atoms. The Bertz CT molecular complexity index is 595. The number of ether oxygens (including phenoxy) is 2. The summed E-state index contributed by atoms with van der Waals surface area (Å²) < 4.78 is 11.8. The maximum Gasteiger partial charge on any atom is 0.352 e. The molecule has 0 bridgehead atoms. The lowest BCUT2D eigenvalue weighted by Gasteiger charge is -2.15. The largest absolute Gasteiger partial charge is 0.481 e. The first-order chi connectivity index (χ1) is 9.60. The molecule has 0 radical (unpaired) electrons. The van der Waals surface area contributed by atoms with Gasteiger partial charge in [0.2, 0.25) is 5.88 Å². The Morgan fingerprint density at radius 1 is 1.75 bits per heavy atom. The van der Waals surface area contributed by atoms with Gasteiger partial charge in [-0.2, -0.15) is 4.98 Å². The average Bonchev–Trinajstić information content (AvgIpc) is 2.84. The van der Waals surface area contributed by atoms with E-state index < -0.39 is 24.1 Å². The number of aliphatic hydroxyl groups is 1. The molecule has 0 unspecified atom stereocenters. The zero-order valence-electron chi connectivity index (χ0n) is 11.1. The van der Waals surface area contributed by atoms with Gasteiger partial charge in [0.1, 0.15) is 6.23 Å². The minimum absolute atomic E-state index is 0.259. The third-order valence-corrected chi connectivity index (χ3v) is 3.18. The summed E-state index contributed by atoms with van der Waals surface area (Å²) in [6.07, 6.45) is 0.645. The molecule has 1 saturated heterocycles. The van der Waals surface area contributed by atoms with Crippen molar-refractivity contribution in [3.63, 3.8) is 0 Å². The fourth-order valence-corrected chi connectivity index (χ4v) is 2.20. The molecular weight excluding hydrogens is 266 g/mol. The van der Waals surface area contributed by atoms with Crippen LogP contribution in [-0.4, -0.2) is 40.5 Å². The molecule has 1 aliphatic rings. The van der Waals surface area contributed by atoms with Crippen molar-refractivity contribution >= 4 is 0 Å². The Morgan fingerprint density at radius 2 is 2.50 bits per heavy atom. The number of hydrogen-bond acceptors (Lipinski definition) is 6. The van der Waals surface area contributed by atoms with Crippen LogP contribution in [0.1, 0.15) is 18.2 Å². The maximum atomic E-state index is 11.9. The van der Waals surface area contributed by atoms with Crippen LogP contribution in [-0.2, 0) is 4.74 Å². The van der Waals surface area contributed by atoms with Crippen molar-refractivity contribution in [3.8, 4) is 5.88 Å². The Labute approximate surface area is 114 Å². The number of azide groups is 1. The summed E-state index contributed by atoms with van der Waals surface area (Å²) in [4.78, 5) is 18.4. The van der Waals surface area contributed by atoms with Crippen molar-refractivity contribution in [1.29, 1.82) is 0 Å². The first-order valence-electron chi connectivity index (χ1n) is 6.05. The quantitative estimate of drug-likeness (QED) is 0.489. The third-order valence-electron chi connectivity index (χ3n) is 3.18. The van der Waals surface area contributed by atoms with Gasteiger partial charge in [0, 0.05) is 23.1 Å². The number of rotatable bonds is 4. The fourth-order valence-electron chi connectivity index (χ4n) is 2.20. The van der Waals surface area contributed by atoms with Crippen molar-refractivity contribution in [2.24, 2.45) is 5.11 Å². The van der Waals surface area contributed by atoms with Gasteiger partial charge in [0.25, 0.3) is 0 Å². The topological polar surface area (TPSA) is 122 Å². The van der Waals surface area contributed by atoms with E-state index in [2.05, 4.69) is 15.0 Å². The molecule has 0 aliphatic carbocycles. The van der Waals surface area contributed by atoms with Crippen molar-refractivity contribution in [3.05, 3.63) is 32.7 Å². The lowest BCUT2D eigenvalue weighted by molar-refractivity contribution is -0.0272. The number of aliphatic hydroxyl groups excluding tert-OH is 1. The van der Waals surface area contributed by atoms with Gasteiger partial charge < -0.3 is 14.6 Å². The zero-order chi connectivity index (χ0) is 14.7. The van der Waals surface area contributed by atoms with E-state index in [0.717, 1.165) is 0 Å². The molecule has 1 aliphatic heterocycles. The Kier molecular flexibility index (Phi) is 4.23. The van der Waals surface area contributed by atoms with E-state index in [1.54, 1.807) is 13.1 Å². The number of hydrogen-bond donors (Lipinski definition) is 1. The van der Waals surface area contributed by atoms with Crippen molar-refractivity contribution in [2.75, 3.05) is 13.7 Å². The Hall–Kier alpha value is -2.09. The summed E-state index contributed by atoms with van der Waals surface area (Å²) in [6.45, 7) is 1.47. The Morgan fingerprint density at radius 3 is 3.10 bits per heavy atom. The lowest BCUT2D eigenvalue weighted by atomic mass is 10.1. The van der Waals surface area contributed by atoms with E-state index in [4.69, 9.17) is 15.0 Å². The molecule has 1 fully saturated rings. The van der Waals surface area contributed by atoms with Crippen LogP contribution in [0, 0.1) is 6.92 Å². The summed E-state index contributed by atoms with van der Waals surface area (Å²) in [5, 5.41) is 12.8. The molecule has 2 heterocycles. The van der Waals surface area contributed by atoms with E-state index in [1.165, 1.54) is 11.7 Å². The molecule has 9 heteroatoms. The molecule has 0 saturated carbocycles. The second-order valence-corrected chi connectivity index (χ2v) is 4.44. The van der Waals surface area contributed by atoms with E-state index in [1.807, 2.05) is 0 Å². The highest BCUT2D eigenvalue weighted by molar-refractivity contribution is 5.20. The van der Waals surface area contributed by atoms with Crippen LogP contribution < -0.4 is 10.4 Å². The highest BCUT2D eigenvalue weighted by Gasteiger charge is 2.35. The standard InChI is InChI=1S/C11H15N5O4/c1-6-4-16(11(18)13-10(6)19-2)9-3-7(14-15-12)8(5-17)20-9/h4,7-9,17H,3,5H2,1-2H3/t7-,8+,9+/m0/s1. The summed E-state index contributed by atoms with van der Waals surface area (Å²) in [7, 11) is 1.44. The van der Waals surface area contributed by atoms with Crippen molar-refractivity contribution in [1.82, 2.24) is 9.55 Å². The normalized spacial score (nSPS) is 25.2. The molecule has 1 aromatic heterocycles. The van der Waals surface area contributed by atoms with E-state index in [-0.39, 0.29) is 12.5 Å². The van der Waals surface area contributed by atoms with Gasteiger partial charge in [0.15, 0.2) is 0 Å². The van der Waals surface area contributed by atoms with Gasteiger partial charge in [-0.05, 0) is 12.5 Å². The summed E-state index contributed by atoms with van der Waals surface area (Å²) in [5.74, 6) is 0.259. The molecule has 0 aromatic carbocycles. The molecule has 1 N–H and O–H groups in total. The second kappa shape index (κ2) is 5.91. The first kappa shape index (κ1) is 14.3. The SMILES string of the molecule is COc1nc(=O)n([C@H]2C[C@H](N=[N+]=[N-])[C@@H](CO)O2)cc1C. The third kappa shape index (κ3) is 2.60. The van der Waals surface area contributed by atoms with Gasteiger partial charge in [-0.15, -0.1) is 0 Å². The lowest BCUT2D eigenvalue weighted by Crippen LogP contribution is -2.28. The molecule has 1 aromatic rings. The van der Waals surface area contributed by atoms with Crippen LogP contribution in [0.5, 0.6) is 5.88 Å². The molecular formula is C11H15N5O4. The van der Waals surface area contributed by atoms with Gasteiger partial charge in [-0.3, -0.25) is 4.57 Å². The second-order valence-electron chi connectivity index (χ2n) is 4.44. The number of nitrogens with zero attached hydrogens (tertiary/aromatic N) is 5. The van der Waals surface area contributed by atoms with E-state index in [9.17, 15) is 9.90 Å². The molecule has 3 atom stereocenters. The molecule has 0 amide bonds. The van der Waals surface area contributed by atoms with Crippen LogP contribution in [0.4, 0.5) is 0 Å². The van der Waals surface area contributed by atoms with E-state index >= 15 is 0 Å². The maximum absolute atomic E-state index is 11.9. The molecule has 108 valence electrons. The summed E-state index contributed by atoms with van der Waals surface area (Å²) in [5.41, 5.74) is 8.65. The monoisotopic (exact) mass is 281 g/mol. The number of aryl methyl sites for hydroxylation is 1. The number of aromatic nitrogens is 2. The van der Waals surface area contributed by atoms with E-state index in [0.29, 0.717) is 12.0 Å². The predicted octanol–water partition coefficient (Wildman–Crippen LogP) is 0.519. The van der Waals surface area contributed by atoms with Crippen LogP contribution in [0.3, 0.4) is 0 Å². The van der Waals surface area contributed by atoms with Crippen molar-refractivity contribution < 1.29 is 14.6 Å². The highest BCUT2D eigenvalue weighted by Crippen LogP contribution is 2.30. The van der Waals surface area contributed by atoms with Crippen LogP contribution in [0.25, 0.3) is 10.4 Å². The Balaban J connectivity index is 2.31. The minimum Gasteiger partial charge on any atom is -0.481 e. The van der Waals surface area contributed by atoms with Crippen LogP contribution >= 0.6 is 0 Å². The smallest absolute Gasteiger partial charge is 0.352 e. The molecule has 9 nitrogen and oxygen atoms in total. The highest BCUT2D eigenvalue weighted by atomic mass is 16.5. The zero-order valence-corrected chi connectivity index (χ0v) is 11.1. The van der Waals surface area contributed by atoms with Gasteiger partial charge >= 0.3 is 5.69 Å². The van der Waals surface area contributed by atoms with Crippen LogP contribution in [0.2, 0.25) is 0 Å². The minimum atomic E-state index is -0.620. The van der Waals surface area contributed by atoms with Gasteiger partial charge in [-0.25, -0.2) is 4.79 Å². The fraction of sp³-hybridized carbons (Fsp3) is 0.636. The summed E-state index contributed by atoms with van der Waals surface area (Å²) in [6, 6.07) is -0.510. The summed E-state index contributed by atoms with van der Waals surface area (Å²) >= 11 is 0. The predicted molar refractivity (Wildman–Crippen MR) is 68.3 cm³/mol. The molecule has 20 heavy (non-hydrogen) atoms.